The fourth-order valence-electron chi connectivity index (χ4n) is 1.79. The van der Waals surface area contributed by atoms with Crippen LogP contribution in [0, 0.1) is 0 Å². The van der Waals surface area contributed by atoms with Crippen molar-refractivity contribution in [3.05, 3.63) is 21.9 Å². The molecule has 0 fully saturated rings. The van der Waals surface area contributed by atoms with Gasteiger partial charge in [0.05, 0.1) is 10.7 Å². The summed E-state index contributed by atoms with van der Waals surface area (Å²) in [6.07, 6.45) is 0.712. The Balaban J connectivity index is 1.79. The Morgan fingerprint density at radius 2 is 1.83 bits per heavy atom. The lowest BCUT2D eigenvalue weighted by atomic mass is 9.96. The topological polar surface area (TPSA) is 79.8 Å². The molecule has 0 atom stereocenters. The van der Waals surface area contributed by atoms with E-state index in [2.05, 4.69) is 51.1 Å². The minimum absolute atomic E-state index is 0.0658. The van der Waals surface area contributed by atoms with Gasteiger partial charge >= 0.3 is 6.03 Å². The van der Waals surface area contributed by atoms with E-state index in [1.165, 1.54) is 11.5 Å². The maximum absolute atomic E-state index is 11.9. The van der Waals surface area contributed by atoms with E-state index in [1.807, 2.05) is 20.8 Å². The Morgan fingerprint density at radius 1 is 1.12 bits per heavy atom. The quantitative estimate of drug-likeness (QED) is 0.857. The van der Waals surface area contributed by atoms with Crippen molar-refractivity contribution in [2.75, 3.05) is 11.9 Å². The molecule has 0 aliphatic heterocycles. The van der Waals surface area contributed by atoms with Crippen LogP contribution in [0.1, 0.15) is 58.1 Å². The van der Waals surface area contributed by atoms with E-state index >= 15 is 0 Å². The lowest BCUT2D eigenvalue weighted by Gasteiger charge is -2.13. The number of urea groups is 1. The van der Waals surface area contributed by atoms with Gasteiger partial charge in [-0.05, 0) is 0 Å². The fraction of sp³-hybridized carbons (Fsp3) is 0.625. The Bertz CT molecular complexity index is 694. The predicted octanol–water partition coefficient (Wildman–Crippen LogP) is 3.95. The summed E-state index contributed by atoms with van der Waals surface area (Å²) < 4.78 is 4.27. The molecule has 132 valence electrons. The van der Waals surface area contributed by atoms with Gasteiger partial charge in [-0.3, -0.25) is 5.32 Å². The van der Waals surface area contributed by atoms with Crippen LogP contribution in [0.5, 0.6) is 0 Å². The summed E-state index contributed by atoms with van der Waals surface area (Å²) in [6.45, 7) is 13.1. The van der Waals surface area contributed by atoms with Crippen LogP contribution >= 0.6 is 22.9 Å². The number of rotatable bonds is 4. The number of hydrogen-bond donors (Lipinski definition) is 2. The number of amides is 2. The predicted molar refractivity (Wildman–Crippen MR) is 100 cm³/mol. The van der Waals surface area contributed by atoms with Gasteiger partial charge in [0.2, 0.25) is 5.13 Å². The zero-order valence-electron chi connectivity index (χ0n) is 15.1. The number of hydrogen-bond acceptors (Lipinski definition) is 6. The summed E-state index contributed by atoms with van der Waals surface area (Å²) in [6, 6.07) is -0.266. The van der Waals surface area contributed by atoms with Gasteiger partial charge in [-0.25, -0.2) is 14.8 Å². The van der Waals surface area contributed by atoms with Crippen LogP contribution in [-0.2, 0) is 17.3 Å². The normalized spacial score (nSPS) is 12.2. The molecule has 2 amide bonds. The maximum Gasteiger partial charge on any atom is 0.321 e. The first kappa shape index (κ1) is 18.8. The van der Waals surface area contributed by atoms with Gasteiger partial charge in [0.25, 0.3) is 0 Å². The van der Waals surface area contributed by atoms with Gasteiger partial charge in [0, 0.05) is 40.7 Å². The summed E-state index contributed by atoms with van der Waals surface area (Å²) in [5, 5.41) is 9.24. The van der Waals surface area contributed by atoms with Crippen LogP contribution in [0.3, 0.4) is 0 Å². The first-order chi connectivity index (χ1) is 11.1. The van der Waals surface area contributed by atoms with E-state index < -0.39 is 0 Å². The molecule has 0 bridgehead atoms. The van der Waals surface area contributed by atoms with E-state index in [-0.39, 0.29) is 16.9 Å². The van der Waals surface area contributed by atoms with Crippen molar-refractivity contribution >= 4 is 34.0 Å². The molecule has 0 saturated heterocycles. The van der Waals surface area contributed by atoms with Crippen LogP contribution in [0.15, 0.2) is 5.38 Å². The third kappa shape index (κ3) is 5.24. The van der Waals surface area contributed by atoms with Gasteiger partial charge in [-0.1, -0.05) is 41.5 Å². The van der Waals surface area contributed by atoms with E-state index in [9.17, 15) is 4.79 Å². The summed E-state index contributed by atoms with van der Waals surface area (Å²) in [7, 11) is 0. The number of nitrogens with zero attached hydrogens (tertiary/aromatic N) is 3. The van der Waals surface area contributed by atoms with Crippen molar-refractivity contribution in [3.8, 4) is 0 Å². The van der Waals surface area contributed by atoms with Crippen LogP contribution in [0.2, 0.25) is 0 Å². The zero-order chi connectivity index (χ0) is 18.0. The minimum Gasteiger partial charge on any atom is -0.337 e. The molecule has 0 aliphatic carbocycles. The number of thiazole rings is 1. The molecule has 0 unspecified atom stereocenters. The molecular formula is C16H25N5OS2. The molecule has 8 heteroatoms. The molecule has 0 aliphatic rings. The molecular weight excluding hydrogens is 342 g/mol. The fourth-order valence-corrected chi connectivity index (χ4v) is 3.49. The SMILES string of the molecule is CC(C)(C)c1nsc(NC(=O)NCCc2csc(C(C)(C)C)n2)n1. The zero-order valence-corrected chi connectivity index (χ0v) is 16.7. The second-order valence-corrected chi connectivity index (χ2v) is 9.31. The average Bonchev–Trinajstić information content (AvgIpc) is 3.06. The summed E-state index contributed by atoms with van der Waals surface area (Å²) >= 11 is 2.86. The largest absolute Gasteiger partial charge is 0.337 e. The Hall–Kier alpha value is -1.54. The Morgan fingerprint density at radius 3 is 2.38 bits per heavy atom. The number of aromatic nitrogens is 3. The van der Waals surface area contributed by atoms with E-state index in [0.717, 1.165) is 16.5 Å². The highest BCUT2D eigenvalue weighted by Gasteiger charge is 2.20. The van der Waals surface area contributed by atoms with E-state index in [0.29, 0.717) is 18.1 Å². The summed E-state index contributed by atoms with van der Waals surface area (Å²) in [4.78, 5) is 20.9. The minimum atomic E-state index is -0.266. The standard InChI is InChI=1S/C16H25N5OS2/c1-15(2,3)11-19-14(24-21-11)20-13(22)17-8-7-10-9-23-12(18-10)16(4,5)6/h9H,7-8H2,1-6H3,(H2,17,19,20,21,22). The smallest absolute Gasteiger partial charge is 0.321 e. The van der Waals surface area contributed by atoms with Crippen molar-refractivity contribution in [1.29, 1.82) is 0 Å². The van der Waals surface area contributed by atoms with Crippen LogP contribution in [-0.4, -0.2) is 26.9 Å². The third-order valence-corrected chi connectivity index (χ3v) is 5.12. The van der Waals surface area contributed by atoms with Crippen molar-refractivity contribution in [1.82, 2.24) is 19.7 Å². The third-order valence-electron chi connectivity index (χ3n) is 3.18. The highest BCUT2D eigenvalue weighted by Crippen LogP contribution is 2.25. The van der Waals surface area contributed by atoms with E-state index in [1.54, 1.807) is 11.3 Å². The lowest BCUT2D eigenvalue weighted by molar-refractivity contribution is 0.252. The molecule has 0 spiro atoms. The van der Waals surface area contributed by atoms with E-state index in [4.69, 9.17) is 0 Å². The first-order valence-electron chi connectivity index (χ1n) is 7.89. The summed E-state index contributed by atoms with van der Waals surface area (Å²) in [5.74, 6) is 0.736. The van der Waals surface area contributed by atoms with Gasteiger partial charge in [0.1, 0.15) is 5.82 Å². The van der Waals surface area contributed by atoms with Crippen LogP contribution in [0.4, 0.5) is 9.93 Å². The second-order valence-electron chi connectivity index (χ2n) is 7.70. The molecule has 2 aromatic rings. The van der Waals surface area contributed by atoms with Gasteiger partial charge in [-0.15, -0.1) is 11.3 Å². The Labute approximate surface area is 151 Å². The van der Waals surface area contributed by atoms with Crippen molar-refractivity contribution in [3.63, 3.8) is 0 Å². The molecule has 24 heavy (non-hydrogen) atoms. The lowest BCUT2D eigenvalue weighted by Crippen LogP contribution is -2.30. The molecule has 0 aromatic carbocycles. The monoisotopic (exact) mass is 367 g/mol. The molecule has 6 nitrogen and oxygen atoms in total. The molecule has 2 heterocycles. The molecule has 0 saturated carbocycles. The Kier molecular flexibility index (Phi) is 5.59. The molecule has 2 rings (SSSR count). The van der Waals surface area contributed by atoms with Crippen molar-refractivity contribution in [2.24, 2.45) is 0 Å². The number of nitrogens with one attached hydrogen (secondary N) is 2. The highest BCUT2D eigenvalue weighted by atomic mass is 32.1. The van der Waals surface area contributed by atoms with Crippen molar-refractivity contribution < 1.29 is 4.79 Å². The van der Waals surface area contributed by atoms with Gasteiger partial charge < -0.3 is 5.32 Å². The molecule has 0 radical (unpaired) electrons. The van der Waals surface area contributed by atoms with Crippen molar-refractivity contribution in [2.45, 2.75) is 58.8 Å². The first-order valence-corrected chi connectivity index (χ1v) is 9.55. The second kappa shape index (κ2) is 7.14. The number of carbonyl (C=O) groups is 1. The van der Waals surface area contributed by atoms with Gasteiger partial charge in [-0.2, -0.15) is 4.37 Å². The van der Waals surface area contributed by atoms with Crippen LogP contribution in [0.25, 0.3) is 0 Å². The van der Waals surface area contributed by atoms with Crippen LogP contribution < -0.4 is 10.6 Å². The molecule has 2 N–H and O–H groups in total. The average molecular weight is 368 g/mol. The number of anilines is 1. The number of carbonyl (C=O) groups excluding carboxylic acids is 1. The molecule has 2 aromatic heterocycles. The highest BCUT2D eigenvalue weighted by molar-refractivity contribution is 7.10. The maximum atomic E-state index is 11.9. The summed E-state index contributed by atoms with van der Waals surface area (Å²) in [5.41, 5.74) is 0.953. The van der Waals surface area contributed by atoms with Gasteiger partial charge in [0.15, 0.2) is 0 Å².